The lowest BCUT2D eigenvalue weighted by atomic mass is 9.92. The van der Waals surface area contributed by atoms with Crippen molar-refractivity contribution in [1.29, 1.82) is 0 Å². The third-order valence-electron chi connectivity index (χ3n) is 2.68. The van der Waals surface area contributed by atoms with Gasteiger partial charge in [0.15, 0.2) is 6.29 Å². The summed E-state index contributed by atoms with van der Waals surface area (Å²) in [7, 11) is 0. The molecule has 1 saturated heterocycles. The van der Waals surface area contributed by atoms with Crippen LogP contribution in [0.1, 0.15) is 40.5 Å². The lowest BCUT2D eigenvalue weighted by molar-refractivity contribution is -0.269. The summed E-state index contributed by atoms with van der Waals surface area (Å²) in [6, 6.07) is 0. The van der Waals surface area contributed by atoms with Crippen molar-refractivity contribution in [2.24, 2.45) is 5.92 Å². The van der Waals surface area contributed by atoms with Gasteiger partial charge in [-0.2, -0.15) is 0 Å². The SMILES string of the molecule is CCCC1OCC(C)C(C)(C)O1. The zero-order chi connectivity index (χ0) is 9.19. The molecule has 2 unspecified atom stereocenters. The van der Waals surface area contributed by atoms with Gasteiger partial charge >= 0.3 is 0 Å². The predicted octanol–water partition coefficient (Wildman–Crippen LogP) is 2.57. The molecule has 0 aromatic carbocycles. The Balaban J connectivity index is 2.45. The van der Waals surface area contributed by atoms with Crippen LogP contribution in [0.2, 0.25) is 0 Å². The first-order chi connectivity index (χ1) is 5.56. The summed E-state index contributed by atoms with van der Waals surface area (Å²) < 4.78 is 11.3. The van der Waals surface area contributed by atoms with Crippen molar-refractivity contribution in [1.82, 2.24) is 0 Å². The molecule has 0 aromatic heterocycles. The van der Waals surface area contributed by atoms with Crippen molar-refractivity contribution in [2.45, 2.75) is 52.4 Å². The number of rotatable bonds is 2. The smallest absolute Gasteiger partial charge is 0.158 e. The van der Waals surface area contributed by atoms with E-state index in [9.17, 15) is 0 Å². The van der Waals surface area contributed by atoms with E-state index in [4.69, 9.17) is 9.47 Å². The molecule has 12 heavy (non-hydrogen) atoms. The summed E-state index contributed by atoms with van der Waals surface area (Å²) in [5.74, 6) is 0.491. The van der Waals surface area contributed by atoms with Gasteiger partial charge in [0.2, 0.25) is 0 Å². The Morgan fingerprint density at radius 1 is 1.42 bits per heavy atom. The number of hydrogen-bond donors (Lipinski definition) is 0. The van der Waals surface area contributed by atoms with Gasteiger partial charge in [-0.05, 0) is 20.3 Å². The molecule has 2 atom stereocenters. The molecule has 0 bridgehead atoms. The molecule has 1 fully saturated rings. The van der Waals surface area contributed by atoms with Gasteiger partial charge in [0, 0.05) is 5.92 Å². The minimum atomic E-state index is -0.0158. The summed E-state index contributed by atoms with van der Waals surface area (Å²) >= 11 is 0. The Labute approximate surface area is 75.2 Å². The van der Waals surface area contributed by atoms with Gasteiger partial charge in [-0.15, -0.1) is 0 Å². The highest BCUT2D eigenvalue weighted by Gasteiger charge is 2.34. The topological polar surface area (TPSA) is 18.5 Å². The largest absolute Gasteiger partial charge is 0.352 e. The minimum Gasteiger partial charge on any atom is -0.352 e. The second-order valence-electron chi connectivity index (χ2n) is 4.17. The van der Waals surface area contributed by atoms with Crippen molar-refractivity contribution in [2.75, 3.05) is 6.61 Å². The standard InChI is InChI=1S/C10H20O2/c1-5-6-9-11-7-8(2)10(3,4)12-9/h8-9H,5-7H2,1-4H3. The third-order valence-corrected chi connectivity index (χ3v) is 2.68. The third kappa shape index (κ3) is 2.20. The van der Waals surface area contributed by atoms with E-state index in [2.05, 4.69) is 27.7 Å². The maximum atomic E-state index is 5.80. The zero-order valence-electron chi connectivity index (χ0n) is 8.59. The molecule has 0 aromatic rings. The van der Waals surface area contributed by atoms with Crippen LogP contribution < -0.4 is 0 Å². The van der Waals surface area contributed by atoms with Crippen molar-refractivity contribution in [3.63, 3.8) is 0 Å². The molecular formula is C10H20O2. The lowest BCUT2D eigenvalue weighted by Crippen LogP contribution is -2.45. The van der Waals surface area contributed by atoms with Gasteiger partial charge in [-0.25, -0.2) is 0 Å². The highest BCUT2D eigenvalue weighted by molar-refractivity contribution is 4.79. The van der Waals surface area contributed by atoms with Crippen LogP contribution in [0.4, 0.5) is 0 Å². The molecule has 72 valence electrons. The van der Waals surface area contributed by atoms with E-state index >= 15 is 0 Å². The predicted molar refractivity (Wildman–Crippen MR) is 49.0 cm³/mol. The van der Waals surface area contributed by atoms with E-state index in [0.29, 0.717) is 5.92 Å². The molecule has 0 N–H and O–H groups in total. The molecule has 0 spiro atoms. The normalized spacial score (nSPS) is 35.0. The van der Waals surface area contributed by atoms with E-state index in [1.54, 1.807) is 0 Å². The Kier molecular flexibility index (Phi) is 3.13. The second-order valence-corrected chi connectivity index (χ2v) is 4.17. The number of ether oxygens (including phenoxy) is 2. The molecule has 1 aliphatic rings. The molecule has 0 aliphatic carbocycles. The first-order valence-electron chi connectivity index (χ1n) is 4.85. The van der Waals surface area contributed by atoms with Crippen LogP contribution in [0.3, 0.4) is 0 Å². The number of hydrogen-bond acceptors (Lipinski definition) is 2. The molecule has 0 amide bonds. The fourth-order valence-corrected chi connectivity index (χ4v) is 1.32. The molecule has 0 radical (unpaired) electrons. The van der Waals surface area contributed by atoms with Gasteiger partial charge < -0.3 is 9.47 Å². The zero-order valence-corrected chi connectivity index (χ0v) is 8.59. The lowest BCUT2D eigenvalue weighted by Gasteiger charge is -2.40. The second kappa shape index (κ2) is 3.75. The molecule has 2 heteroatoms. The fraction of sp³-hybridized carbons (Fsp3) is 1.00. The van der Waals surface area contributed by atoms with E-state index < -0.39 is 0 Å². The van der Waals surface area contributed by atoms with Gasteiger partial charge in [0.05, 0.1) is 12.2 Å². The molecule has 2 nitrogen and oxygen atoms in total. The maximum Gasteiger partial charge on any atom is 0.158 e. The molecule has 1 rings (SSSR count). The Bertz CT molecular complexity index is 143. The fourth-order valence-electron chi connectivity index (χ4n) is 1.32. The van der Waals surface area contributed by atoms with Gasteiger partial charge in [0.25, 0.3) is 0 Å². The molecule has 1 aliphatic heterocycles. The average molecular weight is 172 g/mol. The summed E-state index contributed by atoms with van der Waals surface area (Å²) in [5, 5.41) is 0. The molecule has 0 saturated carbocycles. The summed E-state index contributed by atoms with van der Waals surface area (Å²) in [6.45, 7) is 9.43. The van der Waals surface area contributed by atoms with Crippen LogP contribution in [0.5, 0.6) is 0 Å². The first kappa shape index (κ1) is 10.0. The van der Waals surface area contributed by atoms with Gasteiger partial charge in [-0.1, -0.05) is 20.3 Å². The minimum absolute atomic E-state index is 0.0158. The van der Waals surface area contributed by atoms with E-state index in [0.717, 1.165) is 19.4 Å². The van der Waals surface area contributed by atoms with Crippen LogP contribution in [0, 0.1) is 5.92 Å². The van der Waals surface area contributed by atoms with Crippen molar-refractivity contribution >= 4 is 0 Å². The van der Waals surface area contributed by atoms with Crippen molar-refractivity contribution in [3.05, 3.63) is 0 Å². The highest BCUT2D eigenvalue weighted by atomic mass is 16.7. The Morgan fingerprint density at radius 2 is 2.08 bits per heavy atom. The van der Waals surface area contributed by atoms with Crippen LogP contribution in [-0.4, -0.2) is 18.5 Å². The maximum absolute atomic E-state index is 5.80. The van der Waals surface area contributed by atoms with Gasteiger partial charge in [-0.3, -0.25) is 0 Å². The Morgan fingerprint density at radius 3 is 2.58 bits per heavy atom. The van der Waals surface area contributed by atoms with Crippen LogP contribution in [-0.2, 0) is 9.47 Å². The first-order valence-corrected chi connectivity index (χ1v) is 4.85. The highest BCUT2D eigenvalue weighted by Crippen LogP contribution is 2.29. The van der Waals surface area contributed by atoms with Gasteiger partial charge in [0.1, 0.15) is 0 Å². The van der Waals surface area contributed by atoms with Crippen molar-refractivity contribution < 1.29 is 9.47 Å². The Hall–Kier alpha value is -0.0800. The average Bonchev–Trinajstić information content (AvgIpc) is 1.97. The van der Waals surface area contributed by atoms with E-state index in [1.165, 1.54) is 0 Å². The molecular weight excluding hydrogens is 152 g/mol. The van der Waals surface area contributed by atoms with Crippen LogP contribution in [0.25, 0.3) is 0 Å². The molecule has 1 heterocycles. The van der Waals surface area contributed by atoms with Crippen LogP contribution >= 0.6 is 0 Å². The summed E-state index contributed by atoms with van der Waals surface area (Å²) in [6.07, 6.45) is 2.16. The summed E-state index contributed by atoms with van der Waals surface area (Å²) in [5.41, 5.74) is -0.0158. The monoisotopic (exact) mass is 172 g/mol. The van der Waals surface area contributed by atoms with Crippen LogP contribution in [0.15, 0.2) is 0 Å². The van der Waals surface area contributed by atoms with Crippen molar-refractivity contribution in [3.8, 4) is 0 Å². The van der Waals surface area contributed by atoms with E-state index in [-0.39, 0.29) is 11.9 Å². The summed E-state index contributed by atoms with van der Waals surface area (Å²) in [4.78, 5) is 0. The quantitative estimate of drug-likeness (QED) is 0.637. The van der Waals surface area contributed by atoms with E-state index in [1.807, 2.05) is 0 Å².